The molecule has 134 valence electrons. The summed E-state index contributed by atoms with van der Waals surface area (Å²) in [5, 5.41) is 48.3. The van der Waals surface area contributed by atoms with E-state index in [4.69, 9.17) is 9.94 Å². The Morgan fingerprint density at radius 2 is 1.41 bits per heavy atom. The van der Waals surface area contributed by atoms with Gasteiger partial charge in [0.2, 0.25) is 0 Å². The monoisotopic (exact) mass is 323 g/mol. The first-order valence-electron chi connectivity index (χ1n) is 8.11. The Morgan fingerprint density at radius 1 is 0.864 bits per heavy atom. The van der Waals surface area contributed by atoms with Crippen molar-refractivity contribution in [2.45, 2.75) is 69.9 Å². The van der Waals surface area contributed by atoms with Gasteiger partial charge in [-0.15, -0.1) is 0 Å². The molecule has 0 saturated heterocycles. The minimum atomic E-state index is -1.60. The second kappa shape index (κ2) is 13.2. The summed E-state index contributed by atoms with van der Waals surface area (Å²) >= 11 is 0. The van der Waals surface area contributed by atoms with Crippen LogP contribution in [0.25, 0.3) is 0 Å². The van der Waals surface area contributed by atoms with Crippen LogP contribution >= 0.6 is 0 Å². The second-order valence-corrected chi connectivity index (χ2v) is 5.71. The number of hydroxylamine groups is 2. The molecule has 0 spiro atoms. The summed E-state index contributed by atoms with van der Waals surface area (Å²) in [6, 6.07) is 0. The number of hydrogen-bond acceptors (Lipinski definition) is 7. The predicted molar refractivity (Wildman–Crippen MR) is 83.1 cm³/mol. The molecule has 0 aliphatic rings. The molecule has 22 heavy (non-hydrogen) atoms. The number of nitrogens with zero attached hydrogens (tertiary/aromatic N) is 1. The Kier molecular flexibility index (Phi) is 13.0. The van der Waals surface area contributed by atoms with E-state index < -0.39 is 31.0 Å². The van der Waals surface area contributed by atoms with E-state index >= 15 is 0 Å². The number of unbranched alkanes of at least 4 members (excludes halogenated alkanes) is 5. The summed E-state index contributed by atoms with van der Waals surface area (Å²) in [5.74, 6) is 0. The Bertz CT molecular complexity index is 256. The van der Waals surface area contributed by atoms with Crippen molar-refractivity contribution in [3.8, 4) is 0 Å². The molecular weight excluding hydrogens is 290 g/mol. The highest BCUT2D eigenvalue weighted by atomic mass is 16.7. The van der Waals surface area contributed by atoms with E-state index in [1.54, 1.807) is 7.05 Å². The van der Waals surface area contributed by atoms with Gasteiger partial charge in [-0.1, -0.05) is 39.0 Å². The summed E-state index contributed by atoms with van der Waals surface area (Å²) in [6.45, 7) is 2.02. The SMILES string of the molecule is CCCCCCCCON(C)C[C@H](O)[C@@H](O)[C@H](O)[C@H](O)CO. The minimum Gasteiger partial charge on any atom is -0.394 e. The summed E-state index contributed by atoms with van der Waals surface area (Å²) in [4.78, 5) is 5.40. The van der Waals surface area contributed by atoms with Crippen LogP contribution in [0.15, 0.2) is 0 Å². The van der Waals surface area contributed by atoms with E-state index in [0.717, 1.165) is 12.8 Å². The molecule has 0 saturated carbocycles. The van der Waals surface area contributed by atoms with Crippen LogP contribution in [0, 0.1) is 0 Å². The number of aliphatic hydroxyl groups is 5. The molecule has 0 heterocycles. The van der Waals surface area contributed by atoms with Gasteiger partial charge in [0.15, 0.2) is 0 Å². The zero-order chi connectivity index (χ0) is 17.0. The van der Waals surface area contributed by atoms with Crippen LogP contribution in [0.5, 0.6) is 0 Å². The Hall–Kier alpha value is -0.280. The van der Waals surface area contributed by atoms with Gasteiger partial charge in [-0.25, -0.2) is 0 Å². The summed E-state index contributed by atoms with van der Waals surface area (Å²) in [7, 11) is 1.63. The van der Waals surface area contributed by atoms with Gasteiger partial charge >= 0.3 is 0 Å². The number of rotatable bonds is 14. The highest BCUT2D eigenvalue weighted by Gasteiger charge is 2.30. The first-order valence-corrected chi connectivity index (χ1v) is 8.11. The van der Waals surface area contributed by atoms with Crippen molar-refractivity contribution >= 4 is 0 Å². The van der Waals surface area contributed by atoms with E-state index in [-0.39, 0.29) is 6.54 Å². The Labute approximate surface area is 133 Å². The van der Waals surface area contributed by atoms with Crippen LogP contribution in [0.2, 0.25) is 0 Å². The van der Waals surface area contributed by atoms with E-state index in [9.17, 15) is 20.4 Å². The molecule has 0 aromatic carbocycles. The van der Waals surface area contributed by atoms with Gasteiger partial charge in [0, 0.05) is 7.05 Å². The van der Waals surface area contributed by atoms with E-state index in [1.165, 1.54) is 30.7 Å². The van der Waals surface area contributed by atoms with Gasteiger partial charge in [0.25, 0.3) is 0 Å². The zero-order valence-electron chi connectivity index (χ0n) is 13.8. The average Bonchev–Trinajstić information content (AvgIpc) is 2.51. The second-order valence-electron chi connectivity index (χ2n) is 5.71. The standard InChI is InChI=1S/C15H33NO6/c1-3-4-5-6-7-8-9-22-16(2)10-12(18)14(20)15(21)13(19)11-17/h12-15,17-21H,3-11H2,1-2H3/t12-,13+,14+,15+/m0/s1. The van der Waals surface area contributed by atoms with Crippen molar-refractivity contribution in [2.24, 2.45) is 0 Å². The first-order chi connectivity index (χ1) is 10.4. The van der Waals surface area contributed by atoms with Gasteiger partial charge in [-0.3, -0.25) is 4.84 Å². The maximum atomic E-state index is 9.78. The Balaban J connectivity index is 3.79. The molecule has 0 aromatic heterocycles. The lowest BCUT2D eigenvalue weighted by Crippen LogP contribution is -2.49. The van der Waals surface area contributed by atoms with Crippen LogP contribution in [0.4, 0.5) is 0 Å². The van der Waals surface area contributed by atoms with Gasteiger partial charge in [0.1, 0.15) is 18.3 Å². The van der Waals surface area contributed by atoms with E-state index in [1.807, 2.05) is 0 Å². The lowest BCUT2D eigenvalue weighted by atomic mass is 10.0. The minimum absolute atomic E-state index is 0.00773. The van der Waals surface area contributed by atoms with Crippen LogP contribution in [-0.2, 0) is 4.84 Å². The third kappa shape index (κ3) is 9.68. The average molecular weight is 323 g/mol. The molecule has 5 N–H and O–H groups in total. The quantitative estimate of drug-likeness (QED) is 0.219. The molecule has 0 rings (SSSR count). The smallest absolute Gasteiger partial charge is 0.111 e. The molecule has 0 amide bonds. The molecular formula is C15H33NO6. The maximum Gasteiger partial charge on any atom is 0.111 e. The molecule has 0 bridgehead atoms. The van der Waals surface area contributed by atoms with Gasteiger partial charge in [-0.2, -0.15) is 5.06 Å². The van der Waals surface area contributed by atoms with Crippen molar-refractivity contribution in [1.82, 2.24) is 5.06 Å². The first kappa shape index (κ1) is 21.7. The summed E-state index contributed by atoms with van der Waals surface area (Å²) < 4.78 is 0. The Morgan fingerprint density at radius 3 is 2.00 bits per heavy atom. The van der Waals surface area contributed by atoms with Crippen LogP contribution in [0.1, 0.15) is 45.4 Å². The van der Waals surface area contributed by atoms with Gasteiger partial charge < -0.3 is 25.5 Å². The van der Waals surface area contributed by atoms with E-state index in [2.05, 4.69) is 6.92 Å². The number of likely N-dealkylation sites (N-methyl/N-ethyl adjacent to an activating group) is 1. The number of aliphatic hydroxyl groups excluding tert-OH is 5. The normalized spacial score (nSPS) is 17.5. The molecule has 0 aromatic rings. The fourth-order valence-electron chi connectivity index (χ4n) is 2.09. The molecule has 0 aliphatic heterocycles. The highest BCUT2D eigenvalue weighted by molar-refractivity contribution is 4.81. The van der Waals surface area contributed by atoms with Crippen molar-refractivity contribution < 1.29 is 30.4 Å². The van der Waals surface area contributed by atoms with Crippen LogP contribution in [-0.4, -0.2) is 81.8 Å². The molecule has 0 fully saturated rings. The summed E-state index contributed by atoms with van der Waals surface area (Å²) in [5.41, 5.74) is 0. The van der Waals surface area contributed by atoms with E-state index in [0.29, 0.717) is 6.61 Å². The lowest BCUT2D eigenvalue weighted by Gasteiger charge is -2.28. The maximum absolute atomic E-state index is 9.78. The van der Waals surface area contributed by atoms with Gasteiger partial charge in [0.05, 0.1) is 25.9 Å². The molecule has 4 atom stereocenters. The molecule has 0 aliphatic carbocycles. The van der Waals surface area contributed by atoms with Crippen molar-refractivity contribution in [2.75, 3.05) is 26.8 Å². The molecule has 0 radical (unpaired) electrons. The van der Waals surface area contributed by atoms with Crippen molar-refractivity contribution in [3.63, 3.8) is 0 Å². The van der Waals surface area contributed by atoms with Gasteiger partial charge in [-0.05, 0) is 6.42 Å². The highest BCUT2D eigenvalue weighted by Crippen LogP contribution is 2.08. The number of hydrogen-bond donors (Lipinski definition) is 5. The van der Waals surface area contributed by atoms with Crippen LogP contribution < -0.4 is 0 Å². The van der Waals surface area contributed by atoms with Crippen molar-refractivity contribution in [1.29, 1.82) is 0 Å². The predicted octanol–water partition coefficient (Wildman–Crippen LogP) is -0.354. The fourth-order valence-corrected chi connectivity index (χ4v) is 2.09. The largest absolute Gasteiger partial charge is 0.394 e. The molecule has 7 nitrogen and oxygen atoms in total. The third-order valence-electron chi connectivity index (χ3n) is 3.58. The molecule has 7 heteroatoms. The molecule has 0 unspecified atom stereocenters. The summed E-state index contributed by atoms with van der Waals surface area (Å²) in [6.07, 6.45) is 0.997. The topological polar surface area (TPSA) is 114 Å². The zero-order valence-corrected chi connectivity index (χ0v) is 13.8. The lowest BCUT2D eigenvalue weighted by molar-refractivity contribution is -0.179. The van der Waals surface area contributed by atoms with Crippen molar-refractivity contribution in [3.05, 3.63) is 0 Å². The fraction of sp³-hybridized carbons (Fsp3) is 1.00. The van der Waals surface area contributed by atoms with Crippen LogP contribution in [0.3, 0.4) is 0 Å². The third-order valence-corrected chi connectivity index (χ3v) is 3.58.